The lowest BCUT2D eigenvalue weighted by Gasteiger charge is -2.10. The van der Waals surface area contributed by atoms with Crippen LogP contribution in [0, 0.1) is 0 Å². The summed E-state index contributed by atoms with van der Waals surface area (Å²) < 4.78 is 53.9. The molecule has 0 heterocycles. The molecule has 0 unspecified atom stereocenters. The summed E-state index contributed by atoms with van der Waals surface area (Å²) in [6.07, 6.45) is 0. The van der Waals surface area contributed by atoms with Gasteiger partial charge in [0.25, 0.3) is 0 Å². The number of ether oxygens (including phenoxy) is 10. The maximum absolute atomic E-state index is 8.57. The van der Waals surface area contributed by atoms with Crippen molar-refractivity contribution in [3.05, 3.63) is 24.3 Å². The van der Waals surface area contributed by atoms with Gasteiger partial charge < -0.3 is 57.6 Å². The third kappa shape index (κ3) is 23.5. The number of hydrogen-bond acceptors (Lipinski definition) is 12. The standard InChI is InChI=1S/C26H46O12/c27-5-7-29-9-11-31-13-15-33-17-19-35-21-23-37-25-1-2-26(4-3-25)38-24-22-36-20-18-34-16-14-32-12-10-30-8-6-28/h1-4,27-28H,5-24H2. The highest BCUT2D eigenvalue weighted by molar-refractivity contribution is 5.31. The van der Waals surface area contributed by atoms with Gasteiger partial charge in [0.2, 0.25) is 0 Å². The molecule has 222 valence electrons. The van der Waals surface area contributed by atoms with E-state index in [-0.39, 0.29) is 13.2 Å². The quantitative estimate of drug-likeness (QED) is 0.130. The molecule has 1 aromatic carbocycles. The molecule has 0 aliphatic carbocycles. The van der Waals surface area contributed by atoms with Crippen LogP contribution in [0.15, 0.2) is 24.3 Å². The van der Waals surface area contributed by atoms with Gasteiger partial charge in [0, 0.05) is 0 Å². The Hall–Kier alpha value is -1.58. The monoisotopic (exact) mass is 550 g/mol. The maximum Gasteiger partial charge on any atom is 0.119 e. The van der Waals surface area contributed by atoms with Gasteiger partial charge in [-0.3, -0.25) is 0 Å². The minimum absolute atomic E-state index is 0.0223. The van der Waals surface area contributed by atoms with Crippen molar-refractivity contribution in [3.8, 4) is 11.5 Å². The van der Waals surface area contributed by atoms with Crippen LogP contribution in [0.1, 0.15) is 0 Å². The van der Waals surface area contributed by atoms with Gasteiger partial charge in [-0.05, 0) is 24.3 Å². The van der Waals surface area contributed by atoms with Gasteiger partial charge >= 0.3 is 0 Å². The van der Waals surface area contributed by atoms with Crippen LogP contribution in [0.5, 0.6) is 11.5 Å². The van der Waals surface area contributed by atoms with Crippen molar-refractivity contribution in [2.24, 2.45) is 0 Å². The van der Waals surface area contributed by atoms with Gasteiger partial charge in [-0.15, -0.1) is 0 Å². The zero-order valence-electron chi connectivity index (χ0n) is 22.4. The summed E-state index contributed by atoms with van der Waals surface area (Å²) in [5.74, 6) is 1.49. The molecule has 1 rings (SSSR count). The molecule has 0 aliphatic rings. The first-order valence-corrected chi connectivity index (χ1v) is 13.1. The molecule has 0 saturated heterocycles. The lowest BCUT2D eigenvalue weighted by atomic mass is 10.3. The fourth-order valence-corrected chi connectivity index (χ4v) is 2.72. The van der Waals surface area contributed by atoms with Crippen LogP contribution in [0.25, 0.3) is 0 Å². The van der Waals surface area contributed by atoms with Gasteiger partial charge in [0.05, 0.1) is 119 Å². The van der Waals surface area contributed by atoms with Gasteiger partial charge in [-0.1, -0.05) is 0 Å². The Morgan fingerprint density at radius 3 is 0.763 bits per heavy atom. The van der Waals surface area contributed by atoms with Gasteiger partial charge in [-0.2, -0.15) is 0 Å². The molecule has 0 bridgehead atoms. The van der Waals surface area contributed by atoms with Crippen molar-refractivity contribution >= 4 is 0 Å². The lowest BCUT2D eigenvalue weighted by molar-refractivity contribution is -0.00787. The molecule has 0 aliphatic heterocycles. The average molecular weight is 551 g/mol. The SMILES string of the molecule is OCCOCCOCCOCCOCCOc1ccc(OCCOCCOCCOCCOCCO)cc1. The van der Waals surface area contributed by atoms with Crippen molar-refractivity contribution in [1.82, 2.24) is 0 Å². The fraction of sp³-hybridized carbons (Fsp3) is 0.769. The van der Waals surface area contributed by atoms with Crippen molar-refractivity contribution in [3.63, 3.8) is 0 Å². The number of hydrogen-bond donors (Lipinski definition) is 2. The largest absolute Gasteiger partial charge is 0.491 e. The van der Waals surface area contributed by atoms with E-state index in [1.165, 1.54) is 0 Å². The third-order valence-corrected chi connectivity index (χ3v) is 4.52. The lowest BCUT2D eigenvalue weighted by Crippen LogP contribution is -2.14. The van der Waals surface area contributed by atoms with Crippen molar-refractivity contribution in [1.29, 1.82) is 0 Å². The van der Waals surface area contributed by atoms with Gasteiger partial charge in [0.15, 0.2) is 0 Å². The predicted octanol–water partition coefficient (Wildman–Crippen LogP) is 0.562. The van der Waals surface area contributed by atoms with E-state index in [0.29, 0.717) is 119 Å². The molecule has 0 radical (unpaired) electrons. The third-order valence-electron chi connectivity index (χ3n) is 4.52. The molecule has 12 heteroatoms. The Balaban J connectivity index is 1.83. The van der Waals surface area contributed by atoms with Crippen LogP contribution in [0.3, 0.4) is 0 Å². The number of aliphatic hydroxyl groups is 2. The molecule has 0 aromatic heterocycles. The van der Waals surface area contributed by atoms with E-state index >= 15 is 0 Å². The summed E-state index contributed by atoms with van der Waals surface area (Å²) in [5.41, 5.74) is 0. The van der Waals surface area contributed by atoms with Crippen LogP contribution in [0.4, 0.5) is 0 Å². The van der Waals surface area contributed by atoms with E-state index in [9.17, 15) is 0 Å². The Morgan fingerprint density at radius 1 is 0.316 bits per heavy atom. The summed E-state index contributed by atoms with van der Waals surface area (Å²) in [6.45, 7) is 8.37. The van der Waals surface area contributed by atoms with Gasteiger partial charge in [0.1, 0.15) is 24.7 Å². The van der Waals surface area contributed by atoms with E-state index in [0.717, 1.165) is 11.5 Å². The zero-order chi connectivity index (χ0) is 27.2. The van der Waals surface area contributed by atoms with Crippen LogP contribution in [-0.4, -0.2) is 142 Å². The molecule has 1 aromatic rings. The topological polar surface area (TPSA) is 133 Å². The molecule has 0 saturated carbocycles. The van der Waals surface area contributed by atoms with Crippen molar-refractivity contribution in [2.45, 2.75) is 0 Å². The molecule has 2 N–H and O–H groups in total. The minimum atomic E-state index is 0.0223. The van der Waals surface area contributed by atoms with Crippen LogP contribution in [0.2, 0.25) is 0 Å². The Kier molecular flexibility index (Phi) is 25.8. The highest BCUT2D eigenvalue weighted by Crippen LogP contribution is 2.17. The van der Waals surface area contributed by atoms with Crippen LogP contribution in [-0.2, 0) is 37.9 Å². The second-order valence-corrected chi connectivity index (χ2v) is 7.51. The van der Waals surface area contributed by atoms with E-state index in [4.69, 9.17) is 57.6 Å². The van der Waals surface area contributed by atoms with E-state index in [1.807, 2.05) is 24.3 Å². The summed E-state index contributed by atoms with van der Waals surface area (Å²) in [6, 6.07) is 7.40. The molecule has 38 heavy (non-hydrogen) atoms. The highest BCUT2D eigenvalue weighted by atomic mass is 16.6. The second kappa shape index (κ2) is 28.4. The van der Waals surface area contributed by atoms with E-state index in [2.05, 4.69) is 0 Å². The molecule has 12 nitrogen and oxygen atoms in total. The molecule has 0 spiro atoms. The first-order valence-electron chi connectivity index (χ1n) is 13.1. The first kappa shape index (κ1) is 34.4. The second-order valence-electron chi connectivity index (χ2n) is 7.51. The first-order chi connectivity index (χ1) is 18.9. The number of benzene rings is 1. The maximum atomic E-state index is 8.57. The molecular weight excluding hydrogens is 504 g/mol. The molecule has 0 atom stereocenters. The fourth-order valence-electron chi connectivity index (χ4n) is 2.72. The van der Waals surface area contributed by atoms with Crippen molar-refractivity contribution < 1.29 is 57.6 Å². The van der Waals surface area contributed by atoms with Crippen LogP contribution >= 0.6 is 0 Å². The Labute approximate surface area is 225 Å². The Morgan fingerprint density at radius 2 is 0.526 bits per heavy atom. The molecule has 0 fully saturated rings. The molecule has 0 amide bonds. The number of aliphatic hydroxyl groups excluding tert-OH is 2. The summed E-state index contributed by atoms with van der Waals surface area (Å²) >= 11 is 0. The Bertz CT molecular complexity index is 539. The summed E-state index contributed by atoms with van der Waals surface area (Å²) in [5, 5.41) is 17.1. The van der Waals surface area contributed by atoms with E-state index < -0.39 is 0 Å². The zero-order valence-corrected chi connectivity index (χ0v) is 22.4. The highest BCUT2D eigenvalue weighted by Gasteiger charge is 1.99. The summed E-state index contributed by atoms with van der Waals surface area (Å²) in [7, 11) is 0. The normalized spacial score (nSPS) is 11.2. The summed E-state index contributed by atoms with van der Waals surface area (Å²) in [4.78, 5) is 0. The average Bonchev–Trinajstić information content (AvgIpc) is 2.94. The smallest absolute Gasteiger partial charge is 0.119 e. The molecular formula is C26H46O12. The number of rotatable bonds is 30. The van der Waals surface area contributed by atoms with Gasteiger partial charge in [-0.25, -0.2) is 0 Å². The van der Waals surface area contributed by atoms with Crippen molar-refractivity contribution in [2.75, 3.05) is 132 Å². The minimum Gasteiger partial charge on any atom is -0.491 e. The van der Waals surface area contributed by atoms with E-state index in [1.54, 1.807) is 0 Å². The predicted molar refractivity (Wildman–Crippen MR) is 138 cm³/mol. The van der Waals surface area contributed by atoms with Crippen LogP contribution < -0.4 is 9.47 Å².